The van der Waals surface area contributed by atoms with Crippen LogP contribution in [0.2, 0.25) is 5.02 Å². The van der Waals surface area contributed by atoms with Crippen molar-refractivity contribution in [1.29, 1.82) is 5.26 Å². The van der Waals surface area contributed by atoms with Gasteiger partial charge in [0, 0.05) is 29.7 Å². The van der Waals surface area contributed by atoms with Crippen LogP contribution in [0.15, 0.2) is 46.1 Å². The van der Waals surface area contributed by atoms with E-state index < -0.39 is 11.2 Å². The molecular formula is C19H19BrClFN6O. The summed E-state index contributed by atoms with van der Waals surface area (Å²) in [6, 6.07) is 7.78. The van der Waals surface area contributed by atoms with E-state index in [0.29, 0.717) is 28.3 Å². The van der Waals surface area contributed by atoms with Crippen molar-refractivity contribution >= 4 is 45.1 Å². The highest BCUT2D eigenvalue weighted by Crippen LogP contribution is 2.17. The molecule has 3 N–H and O–H groups in total. The lowest BCUT2D eigenvalue weighted by Crippen LogP contribution is -2.43. The highest BCUT2D eigenvalue weighted by molar-refractivity contribution is 9.10. The molecule has 0 aliphatic carbocycles. The average Bonchev–Trinajstić information content (AvgIpc) is 2.67. The standard InChI is InChI=1S/C19H19BrClFN6O/c1-19(2,9-25-17(29)12-3-5-13(21)6-4-12)10-26-18(27-11-23)28-15-8-24-16(20)7-14(15)22/h3-8H,9-10H2,1-2H3,(H,25,29)(H2,26,27,28). The first-order chi connectivity index (χ1) is 13.7. The lowest BCUT2D eigenvalue weighted by Gasteiger charge is -2.26. The van der Waals surface area contributed by atoms with Crippen LogP contribution in [0, 0.1) is 22.7 Å². The molecule has 0 radical (unpaired) electrons. The largest absolute Gasteiger partial charge is 0.355 e. The van der Waals surface area contributed by atoms with Crippen molar-refractivity contribution in [3.8, 4) is 6.19 Å². The lowest BCUT2D eigenvalue weighted by molar-refractivity contribution is 0.0937. The molecule has 2 rings (SSSR count). The van der Waals surface area contributed by atoms with Crippen LogP contribution in [0.3, 0.4) is 0 Å². The summed E-state index contributed by atoms with van der Waals surface area (Å²) in [4.78, 5) is 19.8. The SMILES string of the molecule is CC(C)(CNC(=O)c1ccc(Cl)cc1)CNC(=NC#N)Nc1cnc(Br)cc1F. The van der Waals surface area contributed by atoms with Gasteiger partial charge in [-0.25, -0.2) is 9.37 Å². The van der Waals surface area contributed by atoms with Crippen LogP contribution >= 0.6 is 27.5 Å². The summed E-state index contributed by atoms with van der Waals surface area (Å²) in [7, 11) is 0. The van der Waals surface area contributed by atoms with Crippen molar-refractivity contribution in [3.63, 3.8) is 0 Å². The number of hydrogen-bond acceptors (Lipinski definition) is 4. The van der Waals surface area contributed by atoms with Crippen molar-refractivity contribution in [2.45, 2.75) is 13.8 Å². The third kappa shape index (κ3) is 7.33. The Kier molecular flexibility index (Phi) is 7.93. The summed E-state index contributed by atoms with van der Waals surface area (Å²) in [6.45, 7) is 4.56. The molecule has 0 unspecified atom stereocenters. The molecule has 152 valence electrons. The molecular weight excluding hydrogens is 463 g/mol. The van der Waals surface area contributed by atoms with Gasteiger partial charge in [-0.05, 0) is 45.6 Å². The van der Waals surface area contributed by atoms with Crippen molar-refractivity contribution < 1.29 is 9.18 Å². The topological polar surface area (TPSA) is 102 Å². The fraction of sp³-hybridized carbons (Fsp3) is 0.263. The number of pyridine rings is 1. The number of halogens is 3. The zero-order valence-electron chi connectivity index (χ0n) is 15.8. The van der Waals surface area contributed by atoms with Gasteiger partial charge in [-0.3, -0.25) is 4.79 Å². The third-order valence-electron chi connectivity index (χ3n) is 3.80. The zero-order valence-corrected chi connectivity index (χ0v) is 18.1. The number of carbonyl (C=O) groups excluding carboxylic acids is 1. The molecule has 7 nitrogen and oxygen atoms in total. The van der Waals surface area contributed by atoms with Crippen molar-refractivity contribution in [2.24, 2.45) is 10.4 Å². The van der Waals surface area contributed by atoms with Gasteiger partial charge in [0.15, 0.2) is 5.82 Å². The Balaban J connectivity index is 1.93. The number of hydrogen-bond donors (Lipinski definition) is 3. The minimum atomic E-state index is -0.547. The predicted molar refractivity (Wildman–Crippen MR) is 114 cm³/mol. The van der Waals surface area contributed by atoms with E-state index in [9.17, 15) is 9.18 Å². The molecule has 0 aliphatic rings. The van der Waals surface area contributed by atoms with Gasteiger partial charge in [0.05, 0.1) is 11.9 Å². The average molecular weight is 482 g/mol. The number of nitrogens with zero attached hydrogens (tertiary/aromatic N) is 3. The van der Waals surface area contributed by atoms with Crippen LogP contribution in [0.5, 0.6) is 0 Å². The summed E-state index contributed by atoms with van der Waals surface area (Å²) in [5.74, 6) is -0.691. The monoisotopic (exact) mass is 480 g/mol. The highest BCUT2D eigenvalue weighted by atomic mass is 79.9. The normalized spacial score (nSPS) is 11.5. The second-order valence-corrected chi connectivity index (χ2v) is 8.13. The van der Waals surface area contributed by atoms with Gasteiger partial charge in [-0.1, -0.05) is 25.4 Å². The van der Waals surface area contributed by atoms with E-state index >= 15 is 0 Å². The molecule has 0 saturated carbocycles. The number of guanidine groups is 1. The summed E-state index contributed by atoms with van der Waals surface area (Å²) in [5.41, 5.74) is 0.185. The third-order valence-corrected chi connectivity index (χ3v) is 4.49. The van der Waals surface area contributed by atoms with Crippen molar-refractivity contribution in [3.05, 3.63) is 57.5 Å². The molecule has 1 aromatic heterocycles. The van der Waals surface area contributed by atoms with Crippen LogP contribution in [0.25, 0.3) is 0 Å². The first kappa shape index (κ1) is 22.6. The van der Waals surface area contributed by atoms with E-state index in [2.05, 4.69) is 41.9 Å². The fourth-order valence-electron chi connectivity index (χ4n) is 2.20. The molecule has 2 aromatic rings. The highest BCUT2D eigenvalue weighted by Gasteiger charge is 2.20. The number of nitriles is 1. The molecule has 0 atom stereocenters. The number of aromatic nitrogens is 1. The van der Waals surface area contributed by atoms with Crippen LogP contribution in [-0.2, 0) is 0 Å². The summed E-state index contributed by atoms with van der Waals surface area (Å²) in [6.07, 6.45) is 2.94. The van der Waals surface area contributed by atoms with Gasteiger partial charge in [-0.15, -0.1) is 4.99 Å². The number of anilines is 1. The van der Waals surface area contributed by atoms with Crippen molar-refractivity contribution in [2.75, 3.05) is 18.4 Å². The first-order valence-corrected chi connectivity index (χ1v) is 9.70. The molecule has 0 fully saturated rings. The van der Waals surface area contributed by atoms with Gasteiger partial charge in [0.25, 0.3) is 5.91 Å². The number of benzene rings is 1. The Hall–Kier alpha value is -2.70. The molecule has 10 heteroatoms. The maximum absolute atomic E-state index is 14.0. The second kappa shape index (κ2) is 10.2. The Morgan fingerprint density at radius 3 is 2.59 bits per heavy atom. The molecule has 0 spiro atoms. The quantitative estimate of drug-likeness (QED) is 0.251. The van der Waals surface area contributed by atoms with Gasteiger partial charge < -0.3 is 16.0 Å². The van der Waals surface area contributed by atoms with Gasteiger partial charge in [0.2, 0.25) is 12.2 Å². The molecule has 1 amide bonds. The maximum Gasteiger partial charge on any atom is 0.251 e. The number of rotatable bonds is 6. The molecule has 1 heterocycles. The Bertz CT molecular complexity index is 943. The molecule has 0 saturated heterocycles. The van der Waals surface area contributed by atoms with E-state index in [1.54, 1.807) is 30.5 Å². The Morgan fingerprint density at radius 1 is 1.31 bits per heavy atom. The van der Waals surface area contributed by atoms with Gasteiger partial charge in [-0.2, -0.15) is 5.26 Å². The predicted octanol–water partition coefficient (Wildman–Crippen LogP) is 3.93. The second-order valence-electron chi connectivity index (χ2n) is 6.88. The van der Waals surface area contributed by atoms with E-state index in [-0.39, 0.29) is 17.6 Å². The minimum absolute atomic E-state index is 0.0727. The minimum Gasteiger partial charge on any atom is -0.355 e. The summed E-state index contributed by atoms with van der Waals surface area (Å²) in [5, 5.41) is 18.0. The maximum atomic E-state index is 14.0. The van der Waals surface area contributed by atoms with Crippen LogP contribution in [0.4, 0.5) is 10.1 Å². The van der Waals surface area contributed by atoms with Crippen LogP contribution < -0.4 is 16.0 Å². The zero-order chi connectivity index (χ0) is 21.4. The number of carbonyl (C=O) groups is 1. The molecule has 0 bridgehead atoms. The first-order valence-electron chi connectivity index (χ1n) is 8.53. The smallest absolute Gasteiger partial charge is 0.251 e. The van der Waals surface area contributed by atoms with E-state index in [1.165, 1.54) is 12.3 Å². The fourth-order valence-corrected chi connectivity index (χ4v) is 2.63. The number of amides is 1. The Labute approximate surface area is 181 Å². The van der Waals surface area contributed by atoms with Gasteiger partial charge >= 0.3 is 0 Å². The number of aliphatic imine (C=N–C) groups is 1. The van der Waals surface area contributed by atoms with Gasteiger partial charge in [0.1, 0.15) is 4.60 Å². The molecule has 29 heavy (non-hydrogen) atoms. The molecule has 0 aliphatic heterocycles. The van der Waals surface area contributed by atoms with Crippen molar-refractivity contribution in [1.82, 2.24) is 15.6 Å². The van der Waals surface area contributed by atoms with Crippen LogP contribution in [0.1, 0.15) is 24.2 Å². The van der Waals surface area contributed by atoms with E-state index in [1.807, 2.05) is 13.8 Å². The molecule has 1 aromatic carbocycles. The lowest BCUT2D eigenvalue weighted by atomic mass is 9.93. The summed E-state index contributed by atoms with van der Waals surface area (Å²) < 4.78 is 14.3. The van der Waals surface area contributed by atoms with Crippen LogP contribution in [-0.4, -0.2) is 29.9 Å². The van der Waals surface area contributed by atoms with E-state index in [4.69, 9.17) is 16.9 Å². The Morgan fingerprint density at radius 2 is 1.97 bits per heavy atom. The number of nitrogens with one attached hydrogen (secondary N) is 3. The van der Waals surface area contributed by atoms with E-state index in [0.717, 1.165) is 0 Å². The summed E-state index contributed by atoms with van der Waals surface area (Å²) >= 11 is 8.91.